The Balaban J connectivity index is 2.33. The van der Waals surface area contributed by atoms with Crippen LogP contribution in [0.25, 0.3) is 0 Å². The molecule has 1 aliphatic heterocycles. The van der Waals surface area contributed by atoms with Crippen molar-refractivity contribution in [1.82, 2.24) is 9.97 Å². The van der Waals surface area contributed by atoms with Crippen LogP contribution in [0.15, 0.2) is 6.33 Å². The first kappa shape index (κ1) is 11.3. The van der Waals surface area contributed by atoms with Crippen molar-refractivity contribution in [2.45, 2.75) is 26.0 Å². The molecular weight excluding hydrogens is 204 g/mol. The number of rotatable bonds is 3. The Bertz CT molecular complexity index is 369. The minimum absolute atomic E-state index is 0.265. The second-order valence-electron chi connectivity index (χ2n) is 4.12. The van der Waals surface area contributed by atoms with Crippen LogP contribution in [0, 0.1) is 0 Å². The van der Waals surface area contributed by atoms with Gasteiger partial charge in [0.05, 0.1) is 18.9 Å². The van der Waals surface area contributed by atoms with Gasteiger partial charge in [-0.25, -0.2) is 9.97 Å². The lowest BCUT2D eigenvalue weighted by Gasteiger charge is -2.28. The van der Waals surface area contributed by atoms with Crippen LogP contribution in [0.3, 0.4) is 0 Å². The van der Waals surface area contributed by atoms with Crippen molar-refractivity contribution < 1.29 is 4.74 Å². The van der Waals surface area contributed by atoms with Gasteiger partial charge in [-0.15, -0.1) is 0 Å². The molecule has 16 heavy (non-hydrogen) atoms. The lowest BCUT2D eigenvalue weighted by Crippen LogP contribution is -2.37. The van der Waals surface area contributed by atoms with Gasteiger partial charge in [0, 0.05) is 31.6 Å². The average molecular weight is 222 g/mol. The van der Waals surface area contributed by atoms with Gasteiger partial charge in [0.15, 0.2) is 0 Å². The molecule has 88 valence electrons. The molecule has 0 fully saturated rings. The number of fused-ring (bicyclic) bond motifs is 1. The van der Waals surface area contributed by atoms with E-state index in [-0.39, 0.29) is 6.04 Å². The minimum Gasteiger partial charge on any atom is -0.376 e. The molecule has 0 aromatic carbocycles. The second kappa shape index (κ2) is 4.76. The summed E-state index contributed by atoms with van der Waals surface area (Å²) in [5, 5.41) is 0. The number of aromatic nitrogens is 2. The molecule has 5 heteroatoms. The molecule has 2 rings (SSSR count). The van der Waals surface area contributed by atoms with Crippen molar-refractivity contribution in [2.75, 3.05) is 25.1 Å². The number of ether oxygens (including phenoxy) is 1. The van der Waals surface area contributed by atoms with E-state index < -0.39 is 0 Å². The van der Waals surface area contributed by atoms with Crippen LogP contribution in [-0.2, 0) is 17.8 Å². The van der Waals surface area contributed by atoms with Crippen molar-refractivity contribution in [3.05, 3.63) is 17.6 Å². The Kier molecular flexibility index (Phi) is 3.36. The summed E-state index contributed by atoms with van der Waals surface area (Å²) in [6, 6.07) is 0.265. The van der Waals surface area contributed by atoms with E-state index in [9.17, 15) is 0 Å². The first-order chi connectivity index (χ1) is 7.74. The number of nitrogens with zero attached hydrogens (tertiary/aromatic N) is 3. The number of anilines is 1. The molecule has 0 spiro atoms. The molecule has 2 heterocycles. The lowest BCUT2D eigenvalue weighted by atomic mass is 10.1. The Hall–Kier alpha value is -1.20. The van der Waals surface area contributed by atoms with Gasteiger partial charge in [0.25, 0.3) is 0 Å². The van der Waals surface area contributed by atoms with Gasteiger partial charge in [0.2, 0.25) is 0 Å². The van der Waals surface area contributed by atoms with Crippen LogP contribution in [0.2, 0.25) is 0 Å². The first-order valence-electron chi connectivity index (χ1n) is 5.57. The number of nitrogens with two attached hydrogens (primary N) is 1. The number of hydrogen-bond donors (Lipinski definition) is 1. The summed E-state index contributed by atoms with van der Waals surface area (Å²) in [6.45, 7) is 4.04. The number of hydrogen-bond acceptors (Lipinski definition) is 5. The molecular formula is C11H18N4O. The minimum atomic E-state index is 0.265. The van der Waals surface area contributed by atoms with Crippen LogP contribution < -0.4 is 10.6 Å². The molecule has 0 amide bonds. The fourth-order valence-corrected chi connectivity index (χ4v) is 1.82. The zero-order chi connectivity index (χ0) is 11.5. The Labute approximate surface area is 95.6 Å². The summed E-state index contributed by atoms with van der Waals surface area (Å²) < 4.78 is 5.46. The average Bonchev–Trinajstić information content (AvgIpc) is 2.36. The summed E-state index contributed by atoms with van der Waals surface area (Å²) in [7, 11) is 2.01. The molecule has 2 N–H and O–H groups in total. The van der Waals surface area contributed by atoms with Crippen LogP contribution in [0.4, 0.5) is 5.82 Å². The van der Waals surface area contributed by atoms with Crippen LogP contribution >= 0.6 is 0 Å². The van der Waals surface area contributed by atoms with Crippen LogP contribution in [-0.4, -0.2) is 36.2 Å². The van der Waals surface area contributed by atoms with Gasteiger partial charge in [-0.1, -0.05) is 0 Å². The molecule has 0 bridgehead atoms. The summed E-state index contributed by atoms with van der Waals surface area (Å²) in [4.78, 5) is 10.7. The van der Waals surface area contributed by atoms with E-state index in [4.69, 9.17) is 10.5 Å². The monoisotopic (exact) mass is 222 g/mol. The molecule has 0 saturated heterocycles. The van der Waals surface area contributed by atoms with Crippen molar-refractivity contribution in [1.29, 1.82) is 0 Å². The highest BCUT2D eigenvalue weighted by Gasteiger charge is 2.20. The zero-order valence-corrected chi connectivity index (χ0v) is 9.81. The van der Waals surface area contributed by atoms with Gasteiger partial charge < -0.3 is 15.4 Å². The number of likely N-dealkylation sites (N-methyl/N-ethyl adjacent to an activating group) is 1. The van der Waals surface area contributed by atoms with Gasteiger partial charge in [-0.2, -0.15) is 0 Å². The molecule has 1 unspecified atom stereocenters. The molecule has 0 aliphatic carbocycles. The largest absolute Gasteiger partial charge is 0.376 e. The SMILES string of the molecule is CC(CN)N(C)c1ncnc2c1COCC2. The molecule has 1 aromatic heterocycles. The third-order valence-electron chi connectivity index (χ3n) is 3.08. The van der Waals surface area contributed by atoms with E-state index in [1.54, 1.807) is 6.33 Å². The summed E-state index contributed by atoms with van der Waals surface area (Å²) >= 11 is 0. The topological polar surface area (TPSA) is 64.3 Å². The van der Waals surface area contributed by atoms with Crippen molar-refractivity contribution in [3.63, 3.8) is 0 Å². The lowest BCUT2D eigenvalue weighted by molar-refractivity contribution is 0.109. The predicted molar refractivity (Wildman–Crippen MR) is 62.3 cm³/mol. The van der Waals surface area contributed by atoms with Crippen LogP contribution in [0.1, 0.15) is 18.2 Å². The van der Waals surface area contributed by atoms with Crippen LogP contribution in [0.5, 0.6) is 0 Å². The van der Waals surface area contributed by atoms with E-state index in [0.29, 0.717) is 13.2 Å². The molecule has 5 nitrogen and oxygen atoms in total. The maximum Gasteiger partial charge on any atom is 0.137 e. The molecule has 1 aromatic rings. The maximum absolute atomic E-state index is 5.67. The van der Waals surface area contributed by atoms with E-state index in [2.05, 4.69) is 21.8 Å². The predicted octanol–water partition coefficient (Wildman–Crippen LogP) is 0.333. The Morgan fingerprint density at radius 3 is 3.12 bits per heavy atom. The first-order valence-corrected chi connectivity index (χ1v) is 5.57. The zero-order valence-electron chi connectivity index (χ0n) is 9.81. The fourth-order valence-electron chi connectivity index (χ4n) is 1.82. The molecule has 1 aliphatic rings. The normalized spacial score (nSPS) is 16.7. The molecule has 0 saturated carbocycles. The van der Waals surface area contributed by atoms with Crippen molar-refractivity contribution in [2.24, 2.45) is 5.73 Å². The van der Waals surface area contributed by atoms with E-state index in [1.165, 1.54) is 0 Å². The standard InChI is InChI=1S/C11H18N4O/c1-8(5-12)15(2)11-9-6-16-4-3-10(9)13-7-14-11/h7-8H,3-6,12H2,1-2H3. The Morgan fingerprint density at radius 1 is 1.56 bits per heavy atom. The van der Waals surface area contributed by atoms with Gasteiger partial charge in [-0.05, 0) is 6.92 Å². The highest BCUT2D eigenvalue weighted by molar-refractivity contribution is 5.49. The van der Waals surface area contributed by atoms with Gasteiger partial charge in [0.1, 0.15) is 12.1 Å². The van der Waals surface area contributed by atoms with Crippen molar-refractivity contribution in [3.8, 4) is 0 Å². The van der Waals surface area contributed by atoms with Crippen molar-refractivity contribution >= 4 is 5.82 Å². The Morgan fingerprint density at radius 2 is 2.38 bits per heavy atom. The van der Waals surface area contributed by atoms with Gasteiger partial charge >= 0.3 is 0 Å². The molecule has 1 atom stereocenters. The third kappa shape index (κ3) is 2.01. The third-order valence-corrected chi connectivity index (χ3v) is 3.08. The van der Waals surface area contributed by atoms with E-state index in [0.717, 1.165) is 30.1 Å². The summed E-state index contributed by atoms with van der Waals surface area (Å²) in [6.07, 6.45) is 2.49. The smallest absolute Gasteiger partial charge is 0.137 e. The van der Waals surface area contributed by atoms with E-state index >= 15 is 0 Å². The molecule has 0 radical (unpaired) electrons. The van der Waals surface area contributed by atoms with Gasteiger partial charge in [-0.3, -0.25) is 0 Å². The summed E-state index contributed by atoms with van der Waals surface area (Å²) in [5.41, 5.74) is 7.88. The maximum atomic E-state index is 5.67. The fraction of sp³-hybridized carbons (Fsp3) is 0.636. The highest BCUT2D eigenvalue weighted by atomic mass is 16.5. The highest BCUT2D eigenvalue weighted by Crippen LogP contribution is 2.24. The van der Waals surface area contributed by atoms with E-state index in [1.807, 2.05) is 7.05 Å². The quantitative estimate of drug-likeness (QED) is 0.798. The second-order valence-corrected chi connectivity index (χ2v) is 4.12. The summed E-state index contributed by atoms with van der Waals surface area (Å²) in [5.74, 6) is 0.947.